The Hall–Kier alpha value is -1.49. The minimum Gasteiger partial charge on any atom is -0.490 e. The maximum Gasteiger partial charge on any atom is 0.146 e. The number of benzene rings is 2. The van der Waals surface area contributed by atoms with Gasteiger partial charge in [0, 0.05) is 16.8 Å². The van der Waals surface area contributed by atoms with Gasteiger partial charge in [0.05, 0.1) is 17.2 Å². The molecule has 0 saturated heterocycles. The summed E-state index contributed by atoms with van der Waals surface area (Å²) < 4.78 is 11.9. The molecule has 5 heteroatoms. The molecule has 0 saturated carbocycles. The first-order valence-electron chi connectivity index (χ1n) is 11.9. The van der Waals surface area contributed by atoms with Gasteiger partial charge >= 0.3 is 0 Å². The summed E-state index contributed by atoms with van der Waals surface area (Å²) in [6.07, 6.45) is 9.50. The van der Waals surface area contributed by atoms with Crippen molar-refractivity contribution in [2.24, 2.45) is 0 Å². The van der Waals surface area contributed by atoms with Crippen molar-refractivity contribution >= 4 is 22.4 Å². The fraction of sp³-hybridized carbons (Fsp3) is 0.615. The third-order valence-corrected chi connectivity index (χ3v) is 5.83. The molecular formula is C26H39ClO4. The lowest BCUT2D eigenvalue weighted by Gasteiger charge is -2.18. The summed E-state index contributed by atoms with van der Waals surface area (Å²) in [7, 11) is 0. The molecule has 0 aliphatic carbocycles. The van der Waals surface area contributed by atoms with Gasteiger partial charge in [0.2, 0.25) is 0 Å². The van der Waals surface area contributed by atoms with E-state index in [0.29, 0.717) is 16.5 Å². The number of aliphatic hydroxyl groups excluding tert-OH is 2. The normalized spacial score (nSPS) is 13.3. The van der Waals surface area contributed by atoms with Crippen LogP contribution in [0.4, 0.5) is 0 Å². The smallest absolute Gasteiger partial charge is 0.146 e. The minimum atomic E-state index is -0.509. The van der Waals surface area contributed by atoms with Gasteiger partial charge in [-0.05, 0) is 12.8 Å². The molecule has 0 radical (unpaired) electrons. The van der Waals surface area contributed by atoms with Crippen LogP contribution in [-0.2, 0) is 0 Å². The van der Waals surface area contributed by atoms with Gasteiger partial charge in [-0.2, -0.15) is 0 Å². The highest BCUT2D eigenvalue weighted by Gasteiger charge is 2.16. The Balaban J connectivity index is 1.99. The Labute approximate surface area is 192 Å². The van der Waals surface area contributed by atoms with Crippen LogP contribution in [0.15, 0.2) is 30.3 Å². The van der Waals surface area contributed by atoms with Crippen molar-refractivity contribution in [2.45, 2.75) is 90.3 Å². The van der Waals surface area contributed by atoms with E-state index in [1.165, 1.54) is 25.7 Å². The summed E-state index contributed by atoms with van der Waals surface area (Å²) in [4.78, 5) is 0. The van der Waals surface area contributed by atoms with Gasteiger partial charge in [-0.1, -0.05) is 101 Å². The number of unbranched alkanes of at least 4 members (excludes halogenated alkanes) is 6. The van der Waals surface area contributed by atoms with E-state index in [-0.39, 0.29) is 13.2 Å². The maximum absolute atomic E-state index is 10.3. The molecule has 2 rings (SSSR count). The second kappa shape index (κ2) is 14.5. The first-order valence-corrected chi connectivity index (χ1v) is 12.3. The molecule has 2 aromatic rings. The summed E-state index contributed by atoms with van der Waals surface area (Å²) in [5.41, 5.74) is 0. The van der Waals surface area contributed by atoms with E-state index in [0.717, 1.165) is 49.3 Å². The number of halogens is 1. The zero-order valence-corrected chi connectivity index (χ0v) is 19.9. The van der Waals surface area contributed by atoms with Crippen LogP contribution in [0.3, 0.4) is 0 Å². The van der Waals surface area contributed by atoms with E-state index in [9.17, 15) is 10.2 Å². The molecule has 0 aliphatic rings. The molecule has 0 spiro atoms. The monoisotopic (exact) mass is 450 g/mol. The van der Waals surface area contributed by atoms with Crippen LogP contribution in [0.5, 0.6) is 11.5 Å². The van der Waals surface area contributed by atoms with Gasteiger partial charge in [-0.15, -0.1) is 0 Å². The van der Waals surface area contributed by atoms with E-state index >= 15 is 0 Å². The maximum atomic E-state index is 10.3. The third kappa shape index (κ3) is 8.88. The second-order valence-corrected chi connectivity index (χ2v) is 8.77. The van der Waals surface area contributed by atoms with Crippen molar-refractivity contribution < 1.29 is 19.7 Å². The standard InChI is InChI=1S/C26H39ClO4/c1-3-5-7-9-13-20(28)18-30-25-17-24(27)26(23-16-12-11-15-22(23)25)31-19-21(29)14-10-8-6-4-2/h11-12,15-17,20-21,28-29H,3-10,13-14,18-19H2,1-2H3. The van der Waals surface area contributed by atoms with Gasteiger partial charge in [-0.25, -0.2) is 0 Å². The van der Waals surface area contributed by atoms with Gasteiger partial charge < -0.3 is 19.7 Å². The summed E-state index contributed by atoms with van der Waals surface area (Å²) >= 11 is 6.52. The number of ether oxygens (including phenoxy) is 2. The Bertz CT molecular complexity index is 764. The highest BCUT2D eigenvalue weighted by Crippen LogP contribution is 2.39. The summed E-state index contributed by atoms with van der Waals surface area (Å²) in [6, 6.07) is 9.52. The highest BCUT2D eigenvalue weighted by molar-refractivity contribution is 6.33. The van der Waals surface area contributed by atoms with E-state index in [1.807, 2.05) is 24.3 Å². The molecule has 4 nitrogen and oxygen atoms in total. The number of fused-ring (bicyclic) bond motifs is 1. The first kappa shape index (κ1) is 25.8. The molecule has 0 aliphatic heterocycles. The van der Waals surface area contributed by atoms with Crippen LogP contribution in [0.2, 0.25) is 5.02 Å². The predicted molar refractivity (Wildman–Crippen MR) is 129 cm³/mol. The summed E-state index contributed by atoms with van der Waals surface area (Å²) in [6.45, 7) is 4.81. The van der Waals surface area contributed by atoms with Crippen LogP contribution in [0, 0.1) is 0 Å². The van der Waals surface area contributed by atoms with Gasteiger partial charge in [0.25, 0.3) is 0 Å². The Morgan fingerprint density at radius 2 is 1.32 bits per heavy atom. The number of aliphatic hydroxyl groups is 2. The lowest BCUT2D eigenvalue weighted by molar-refractivity contribution is 0.0968. The van der Waals surface area contributed by atoms with Crippen molar-refractivity contribution in [1.29, 1.82) is 0 Å². The van der Waals surface area contributed by atoms with Crippen LogP contribution in [0.1, 0.15) is 78.1 Å². The number of rotatable bonds is 16. The average Bonchev–Trinajstić information content (AvgIpc) is 2.77. The van der Waals surface area contributed by atoms with E-state index < -0.39 is 12.2 Å². The zero-order chi connectivity index (χ0) is 22.5. The van der Waals surface area contributed by atoms with Crippen LogP contribution < -0.4 is 9.47 Å². The molecule has 174 valence electrons. The topological polar surface area (TPSA) is 58.9 Å². The van der Waals surface area contributed by atoms with Crippen molar-refractivity contribution in [1.82, 2.24) is 0 Å². The molecule has 2 N–H and O–H groups in total. The predicted octanol–water partition coefficient (Wildman–Crippen LogP) is 6.91. The number of hydrogen-bond acceptors (Lipinski definition) is 4. The Kier molecular flexibility index (Phi) is 12.1. The van der Waals surface area contributed by atoms with Gasteiger partial charge in [-0.3, -0.25) is 0 Å². The Morgan fingerprint density at radius 3 is 1.90 bits per heavy atom. The van der Waals surface area contributed by atoms with Gasteiger partial charge in [0.15, 0.2) is 0 Å². The van der Waals surface area contributed by atoms with E-state index in [4.69, 9.17) is 21.1 Å². The molecule has 0 aromatic heterocycles. The lowest BCUT2D eigenvalue weighted by atomic mass is 10.1. The summed E-state index contributed by atoms with van der Waals surface area (Å²) in [5, 5.41) is 22.7. The minimum absolute atomic E-state index is 0.215. The third-order valence-electron chi connectivity index (χ3n) is 5.54. The van der Waals surface area contributed by atoms with Crippen LogP contribution >= 0.6 is 11.6 Å². The molecule has 2 atom stereocenters. The van der Waals surface area contributed by atoms with Gasteiger partial charge in [0.1, 0.15) is 24.7 Å². The zero-order valence-electron chi connectivity index (χ0n) is 19.1. The molecular weight excluding hydrogens is 412 g/mol. The van der Waals surface area contributed by atoms with Crippen LogP contribution in [-0.4, -0.2) is 35.6 Å². The molecule has 2 aromatic carbocycles. The quantitative estimate of drug-likeness (QED) is 0.273. The van der Waals surface area contributed by atoms with Crippen molar-refractivity contribution in [3.8, 4) is 11.5 Å². The lowest BCUT2D eigenvalue weighted by Crippen LogP contribution is -2.18. The highest BCUT2D eigenvalue weighted by atomic mass is 35.5. The summed E-state index contributed by atoms with van der Waals surface area (Å²) in [5.74, 6) is 1.21. The van der Waals surface area contributed by atoms with Crippen LogP contribution in [0.25, 0.3) is 10.8 Å². The number of hydrogen-bond donors (Lipinski definition) is 2. The molecule has 0 heterocycles. The molecule has 31 heavy (non-hydrogen) atoms. The fourth-order valence-corrected chi connectivity index (χ4v) is 3.95. The molecule has 2 unspecified atom stereocenters. The van der Waals surface area contributed by atoms with E-state index in [2.05, 4.69) is 13.8 Å². The van der Waals surface area contributed by atoms with Crippen molar-refractivity contribution in [3.05, 3.63) is 35.4 Å². The SMILES string of the molecule is CCCCCCC(O)COc1cc(Cl)c(OCC(O)CCCCCC)c2ccccc12. The first-order chi connectivity index (χ1) is 15.1. The van der Waals surface area contributed by atoms with Crippen molar-refractivity contribution in [3.63, 3.8) is 0 Å². The van der Waals surface area contributed by atoms with Crippen molar-refractivity contribution in [2.75, 3.05) is 13.2 Å². The second-order valence-electron chi connectivity index (χ2n) is 8.36. The fourth-order valence-electron chi connectivity index (χ4n) is 3.69. The molecule has 0 fully saturated rings. The molecule has 0 bridgehead atoms. The largest absolute Gasteiger partial charge is 0.490 e. The van der Waals surface area contributed by atoms with E-state index in [1.54, 1.807) is 6.07 Å². The molecule has 0 amide bonds. The average molecular weight is 451 g/mol. The Morgan fingerprint density at radius 1 is 0.774 bits per heavy atom.